The molecule has 152 valence electrons. The van der Waals surface area contributed by atoms with Gasteiger partial charge in [-0.15, -0.1) is 26.3 Å². The van der Waals surface area contributed by atoms with Crippen LogP contribution in [0, 0.1) is 0 Å². The average Bonchev–Trinajstić information content (AvgIpc) is 2.75. The van der Waals surface area contributed by atoms with Gasteiger partial charge in [0.2, 0.25) is 0 Å². The first-order valence-electron chi connectivity index (χ1n) is 10.3. The molecule has 0 atom stereocenters. The molecule has 2 heteroatoms. The van der Waals surface area contributed by atoms with Crippen molar-refractivity contribution in [2.75, 3.05) is 36.0 Å². The zero-order valence-electron chi connectivity index (χ0n) is 17.8. The maximum atomic E-state index is 3.86. The molecule has 0 amide bonds. The molecule has 2 aromatic rings. The van der Waals surface area contributed by atoms with Crippen LogP contribution in [0.2, 0.25) is 0 Å². The maximum absolute atomic E-state index is 3.86. The van der Waals surface area contributed by atoms with E-state index in [0.29, 0.717) is 5.92 Å². The van der Waals surface area contributed by atoms with Gasteiger partial charge in [0, 0.05) is 43.5 Å². The largest absolute Gasteiger partial charge is 0.364 e. The van der Waals surface area contributed by atoms with E-state index < -0.39 is 0 Å². The Morgan fingerprint density at radius 3 is 1.17 bits per heavy atom. The van der Waals surface area contributed by atoms with Gasteiger partial charge in [-0.05, 0) is 41.8 Å². The molecule has 0 N–H and O–H groups in total. The first kappa shape index (κ1) is 22.3. The Hall–Kier alpha value is -3.00. The van der Waals surface area contributed by atoms with E-state index >= 15 is 0 Å². The number of hydrogen-bond donors (Lipinski definition) is 0. The lowest BCUT2D eigenvalue weighted by Gasteiger charge is -2.24. The van der Waals surface area contributed by atoms with Crippen LogP contribution in [0.25, 0.3) is 0 Å². The minimum Gasteiger partial charge on any atom is -0.364 e. The quantitative estimate of drug-likeness (QED) is 0.359. The van der Waals surface area contributed by atoms with Crippen LogP contribution in [-0.2, 0) is 0 Å². The molecule has 0 bridgehead atoms. The van der Waals surface area contributed by atoms with E-state index in [1.54, 1.807) is 0 Å². The predicted molar refractivity (Wildman–Crippen MR) is 130 cm³/mol. The average molecular weight is 387 g/mol. The van der Waals surface area contributed by atoms with E-state index in [0.717, 1.165) is 32.6 Å². The Bertz CT molecular complexity index is 699. The van der Waals surface area contributed by atoms with Crippen molar-refractivity contribution in [2.45, 2.75) is 19.3 Å². The van der Waals surface area contributed by atoms with Gasteiger partial charge in [0.1, 0.15) is 0 Å². The van der Waals surface area contributed by atoms with Crippen molar-refractivity contribution in [3.63, 3.8) is 0 Å². The van der Waals surface area contributed by atoms with Crippen molar-refractivity contribution >= 4 is 11.4 Å². The molecular formula is C27H34N2. The van der Waals surface area contributed by atoms with E-state index in [1.807, 2.05) is 24.3 Å². The van der Waals surface area contributed by atoms with Gasteiger partial charge in [0.15, 0.2) is 0 Å². The minimum atomic E-state index is 0.387. The predicted octanol–water partition coefficient (Wildman–Crippen LogP) is 6.59. The second-order valence-corrected chi connectivity index (χ2v) is 7.11. The molecule has 0 saturated heterocycles. The molecule has 0 aliphatic rings. The fourth-order valence-corrected chi connectivity index (χ4v) is 3.69. The summed E-state index contributed by atoms with van der Waals surface area (Å²) in [6.07, 6.45) is 8.77. The van der Waals surface area contributed by atoms with Crippen LogP contribution in [0.5, 0.6) is 0 Å². The summed E-state index contributed by atoms with van der Waals surface area (Å²) in [4.78, 5) is 4.51. The van der Waals surface area contributed by atoms with Crippen LogP contribution in [0.15, 0.2) is 99.2 Å². The van der Waals surface area contributed by atoms with Crippen molar-refractivity contribution in [1.29, 1.82) is 0 Å². The van der Waals surface area contributed by atoms with Crippen molar-refractivity contribution in [3.8, 4) is 0 Å². The van der Waals surface area contributed by atoms with Crippen molar-refractivity contribution in [3.05, 3.63) is 110 Å². The van der Waals surface area contributed by atoms with Gasteiger partial charge in [-0.3, -0.25) is 0 Å². The number of nitrogens with zero attached hydrogens (tertiary/aromatic N) is 2. The fraction of sp³-hybridized carbons (Fsp3) is 0.259. The van der Waals surface area contributed by atoms with Crippen molar-refractivity contribution in [1.82, 2.24) is 0 Å². The zero-order valence-corrected chi connectivity index (χ0v) is 17.8. The van der Waals surface area contributed by atoms with Gasteiger partial charge in [-0.1, -0.05) is 55.5 Å². The maximum Gasteiger partial charge on any atom is 0.0372 e. The summed E-state index contributed by atoms with van der Waals surface area (Å²) in [5.41, 5.74) is 5.08. The highest BCUT2D eigenvalue weighted by atomic mass is 15.1. The standard InChI is InChI=1S/C27H34N2/c1-6-19-28(20-7-2)25-15-11-23(12-16-25)27(10-5)24-13-17-26(18-14-24)29(21-8-3)22-9-4/h6-9,11-18,27H,1-4,10,19-22H2,5H3. The summed E-state index contributed by atoms with van der Waals surface area (Å²) in [5, 5.41) is 0. The molecule has 0 spiro atoms. The Kier molecular flexibility index (Phi) is 9.04. The normalized spacial score (nSPS) is 10.4. The zero-order chi connectivity index (χ0) is 21.1. The molecule has 2 rings (SSSR count). The second kappa shape index (κ2) is 11.8. The summed E-state index contributed by atoms with van der Waals surface area (Å²) in [5.74, 6) is 0.387. The van der Waals surface area contributed by atoms with E-state index in [1.165, 1.54) is 22.5 Å². The molecule has 29 heavy (non-hydrogen) atoms. The monoisotopic (exact) mass is 386 g/mol. The lowest BCUT2D eigenvalue weighted by molar-refractivity contribution is 0.776. The summed E-state index contributed by atoms with van der Waals surface area (Å²) in [6, 6.07) is 17.8. The molecule has 0 radical (unpaired) electrons. The topological polar surface area (TPSA) is 6.48 Å². The van der Waals surface area contributed by atoms with E-state index in [2.05, 4.69) is 91.6 Å². The van der Waals surface area contributed by atoms with Gasteiger partial charge >= 0.3 is 0 Å². The van der Waals surface area contributed by atoms with Gasteiger partial charge in [-0.2, -0.15) is 0 Å². The number of hydrogen-bond acceptors (Lipinski definition) is 2. The summed E-state index contributed by atoms with van der Waals surface area (Å²) < 4.78 is 0. The van der Waals surface area contributed by atoms with Crippen LogP contribution < -0.4 is 9.80 Å². The van der Waals surface area contributed by atoms with Gasteiger partial charge in [0.05, 0.1) is 0 Å². The molecule has 0 aliphatic heterocycles. The lowest BCUT2D eigenvalue weighted by Crippen LogP contribution is -2.23. The number of anilines is 2. The molecule has 0 saturated carbocycles. The minimum absolute atomic E-state index is 0.387. The fourth-order valence-electron chi connectivity index (χ4n) is 3.69. The summed E-state index contributed by atoms with van der Waals surface area (Å²) in [6.45, 7) is 20.9. The van der Waals surface area contributed by atoms with Crippen LogP contribution in [-0.4, -0.2) is 26.2 Å². The van der Waals surface area contributed by atoms with Gasteiger partial charge in [-0.25, -0.2) is 0 Å². The third kappa shape index (κ3) is 5.99. The Labute approximate surface area is 177 Å². The lowest BCUT2D eigenvalue weighted by atomic mass is 9.89. The van der Waals surface area contributed by atoms with Crippen LogP contribution in [0.3, 0.4) is 0 Å². The van der Waals surface area contributed by atoms with Crippen LogP contribution in [0.1, 0.15) is 30.4 Å². The molecular weight excluding hydrogens is 352 g/mol. The summed E-state index contributed by atoms with van der Waals surface area (Å²) in [7, 11) is 0. The molecule has 0 aromatic heterocycles. The SMILES string of the molecule is C=CCN(CC=C)c1ccc(C(CC)c2ccc(N(CC=C)CC=C)cc2)cc1. The van der Waals surface area contributed by atoms with E-state index in [-0.39, 0.29) is 0 Å². The highest BCUT2D eigenvalue weighted by molar-refractivity contribution is 5.52. The van der Waals surface area contributed by atoms with Crippen LogP contribution in [0.4, 0.5) is 11.4 Å². The molecule has 0 fully saturated rings. The Morgan fingerprint density at radius 1 is 0.621 bits per heavy atom. The first-order chi connectivity index (χ1) is 14.2. The molecule has 0 unspecified atom stereocenters. The van der Waals surface area contributed by atoms with Gasteiger partial charge in [0.25, 0.3) is 0 Å². The highest BCUT2D eigenvalue weighted by Gasteiger charge is 2.14. The van der Waals surface area contributed by atoms with Crippen molar-refractivity contribution in [2.24, 2.45) is 0 Å². The Morgan fingerprint density at radius 2 is 0.931 bits per heavy atom. The molecule has 2 aromatic carbocycles. The smallest absolute Gasteiger partial charge is 0.0372 e. The van der Waals surface area contributed by atoms with Crippen LogP contribution >= 0.6 is 0 Å². The molecule has 0 heterocycles. The van der Waals surface area contributed by atoms with Gasteiger partial charge < -0.3 is 9.80 Å². The molecule has 2 nitrogen and oxygen atoms in total. The highest BCUT2D eigenvalue weighted by Crippen LogP contribution is 2.30. The molecule has 0 aliphatic carbocycles. The summed E-state index contributed by atoms with van der Waals surface area (Å²) >= 11 is 0. The van der Waals surface area contributed by atoms with E-state index in [4.69, 9.17) is 0 Å². The third-order valence-corrected chi connectivity index (χ3v) is 5.13. The van der Waals surface area contributed by atoms with E-state index in [9.17, 15) is 0 Å². The second-order valence-electron chi connectivity index (χ2n) is 7.11. The van der Waals surface area contributed by atoms with Crippen molar-refractivity contribution < 1.29 is 0 Å². The number of benzene rings is 2. The Balaban J connectivity index is 2.22. The third-order valence-electron chi connectivity index (χ3n) is 5.13. The first-order valence-corrected chi connectivity index (χ1v) is 10.3. The number of rotatable bonds is 13.